The molecule has 3 rings (SSSR count). The van der Waals surface area contributed by atoms with Gasteiger partial charge in [-0.3, -0.25) is 4.79 Å². The van der Waals surface area contributed by atoms with Crippen LogP contribution < -0.4 is 4.74 Å². The summed E-state index contributed by atoms with van der Waals surface area (Å²) in [4.78, 5) is 10.9. The van der Waals surface area contributed by atoms with Crippen molar-refractivity contribution in [1.82, 2.24) is 0 Å². The van der Waals surface area contributed by atoms with Crippen molar-refractivity contribution >= 4 is 11.5 Å². The molecule has 3 nitrogen and oxygen atoms in total. The van der Waals surface area contributed by atoms with Gasteiger partial charge in [0.05, 0.1) is 5.92 Å². The van der Waals surface area contributed by atoms with E-state index in [0.29, 0.717) is 5.56 Å². The summed E-state index contributed by atoms with van der Waals surface area (Å²) in [6.07, 6.45) is 3.05. The Morgan fingerprint density at radius 1 is 1.15 bits per heavy atom. The van der Waals surface area contributed by atoms with Crippen molar-refractivity contribution in [2.75, 3.05) is 6.61 Å². The fourth-order valence-corrected chi connectivity index (χ4v) is 3.36. The summed E-state index contributed by atoms with van der Waals surface area (Å²) in [7, 11) is 0. The molecule has 0 saturated carbocycles. The third-order valence-electron chi connectivity index (χ3n) is 4.89. The van der Waals surface area contributed by atoms with Gasteiger partial charge in [0.25, 0.3) is 0 Å². The van der Waals surface area contributed by atoms with Crippen LogP contribution in [0.1, 0.15) is 37.3 Å². The Labute approximate surface area is 157 Å². The number of hydrogen-bond acceptors (Lipinski definition) is 2. The van der Waals surface area contributed by atoms with Crippen molar-refractivity contribution in [1.29, 1.82) is 0 Å². The standard InChI is InChI=1S/C22H22F2O3/c1-14(22(25)26)11-15-5-10-21(20(24)12-15)27-13-17-3-2-4-19(17)16-6-8-18(23)9-7-16/h5-10,12,14H,2-4,11,13H2,1H3,(H,25,26). The van der Waals surface area contributed by atoms with Crippen molar-refractivity contribution in [2.45, 2.75) is 32.6 Å². The summed E-state index contributed by atoms with van der Waals surface area (Å²) in [6.45, 7) is 1.88. The molecule has 1 unspecified atom stereocenters. The Bertz CT molecular complexity index is 856. The number of aliphatic carboxylic acids is 1. The molecule has 5 heteroatoms. The molecular formula is C22H22F2O3. The summed E-state index contributed by atoms with van der Waals surface area (Å²) in [6, 6.07) is 11.0. The average molecular weight is 372 g/mol. The minimum absolute atomic E-state index is 0.152. The van der Waals surface area contributed by atoms with Gasteiger partial charge < -0.3 is 9.84 Å². The molecule has 0 fully saturated rings. The quantitative estimate of drug-likeness (QED) is 0.723. The first-order chi connectivity index (χ1) is 12.9. The molecule has 0 amide bonds. The lowest BCUT2D eigenvalue weighted by molar-refractivity contribution is -0.141. The highest BCUT2D eigenvalue weighted by atomic mass is 19.1. The van der Waals surface area contributed by atoms with Crippen LogP contribution in [0.5, 0.6) is 5.75 Å². The maximum absolute atomic E-state index is 14.3. The monoisotopic (exact) mass is 372 g/mol. The van der Waals surface area contributed by atoms with Crippen molar-refractivity contribution in [3.63, 3.8) is 0 Å². The van der Waals surface area contributed by atoms with E-state index in [0.717, 1.165) is 36.0 Å². The minimum atomic E-state index is -0.905. The van der Waals surface area contributed by atoms with Gasteiger partial charge in [-0.15, -0.1) is 0 Å². The molecule has 1 aliphatic rings. The van der Waals surface area contributed by atoms with E-state index in [1.807, 2.05) is 0 Å². The molecule has 0 aliphatic heterocycles. The summed E-state index contributed by atoms with van der Waals surface area (Å²) < 4.78 is 33.1. The maximum atomic E-state index is 14.3. The van der Waals surface area contributed by atoms with E-state index >= 15 is 0 Å². The summed E-state index contributed by atoms with van der Waals surface area (Å²) in [5.41, 5.74) is 3.85. The Kier molecular flexibility index (Phi) is 5.89. The first-order valence-electron chi connectivity index (χ1n) is 9.05. The van der Waals surface area contributed by atoms with Gasteiger partial charge in [0.2, 0.25) is 0 Å². The van der Waals surface area contributed by atoms with E-state index < -0.39 is 17.7 Å². The highest BCUT2D eigenvalue weighted by Crippen LogP contribution is 2.34. The molecule has 27 heavy (non-hydrogen) atoms. The van der Waals surface area contributed by atoms with Crippen LogP contribution in [-0.4, -0.2) is 17.7 Å². The van der Waals surface area contributed by atoms with Crippen molar-refractivity contribution in [3.8, 4) is 5.75 Å². The molecule has 0 bridgehead atoms. The van der Waals surface area contributed by atoms with Gasteiger partial charge in [0.1, 0.15) is 12.4 Å². The number of allylic oxidation sites excluding steroid dienone is 1. The normalized spacial score (nSPS) is 15.1. The summed E-state index contributed by atoms with van der Waals surface area (Å²) in [5, 5.41) is 8.96. The molecule has 2 aromatic rings. The second-order valence-corrected chi connectivity index (χ2v) is 6.94. The first-order valence-corrected chi connectivity index (χ1v) is 9.05. The van der Waals surface area contributed by atoms with Crippen LogP contribution in [0.25, 0.3) is 5.57 Å². The highest BCUT2D eigenvalue weighted by molar-refractivity contribution is 5.71. The van der Waals surface area contributed by atoms with Crippen molar-refractivity contribution in [2.24, 2.45) is 5.92 Å². The lowest BCUT2D eigenvalue weighted by atomic mass is 10.0. The molecule has 2 aromatic carbocycles. The fraction of sp³-hybridized carbons (Fsp3) is 0.318. The number of carboxylic acid groups (broad SMARTS) is 1. The third-order valence-corrected chi connectivity index (χ3v) is 4.89. The lowest BCUT2D eigenvalue weighted by Crippen LogP contribution is -2.12. The van der Waals surface area contributed by atoms with Gasteiger partial charge >= 0.3 is 5.97 Å². The second-order valence-electron chi connectivity index (χ2n) is 6.94. The molecule has 0 heterocycles. The molecule has 142 valence electrons. The van der Waals surface area contributed by atoms with Crippen LogP contribution in [0, 0.1) is 17.6 Å². The van der Waals surface area contributed by atoms with Crippen molar-refractivity contribution < 1.29 is 23.4 Å². The number of benzene rings is 2. The zero-order valence-electron chi connectivity index (χ0n) is 15.2. The number of ether oxygens (including phenoxy) is 1. The molecule has 0 aromatic heterocycles. The van der Waals surface area contributed by atoms with Crippen LogP contribution in [0.4, 0.5) is 8.78 Å². The molecule has 0 radical (unpaired) electrons. The molecule has 1 aliphatic carbocycles. The van der Waals surface area contributed by atoms with Crippen LogP contribution >= 0.6 is 0 Å². The molecular weight excluding hydrogens is 350 g/mol. The smallest absolute Gasteiger partial charge is 0.306 e. The number of halogens is 2. The minimum Gasteiger partial charge on any atom is -0.486 e. The van der Waals surface area contributed by atoms with E-state index in [1.165, 1.54) is 18.2 Å². The van der Waals surface area contributed by atoms with E-state index in [-0.39, 0.29) is 24.6 Å². The van der Waals surface area contributed by atoms with Gasteiger partial charge in [-0.1, -0.05) is 25.1 Å². The fourth-order valence-electron chi connectivity index (χ4n) is 3.36. The maximum Gasteiger partial charge on any atom is 0.306 e. The Balaban J connectivity index is 1.69. The zero-order chi connectivity index (χ0) is 19.4. The third kappa shape index (κ3) is 4.73. The Morgan fingerprint density at radius 2 is 1.89 bits per heavy atom. The second kappa shape index (κ2) is 8.33. The van der Waals surface area contributed by atoms with Gasteiger partial charge in [-0.25, -0.2) is 8.78 Å². The molecule has 1 atom stereocenters. The Morgan fingerprint density at radius 3 is 2.56 bits per heavy atom. The summed E-state index contributed by atoms with van der Waals surface area (Å²) >= 11 is 0. The Hall–Kier alpha value is -2.69. The average Bonchev–Trinajstić information content (AvgIpc) is 3.10. The van der Waals surface area contributed by atoms with E-state index in [9.17, 15) is 13.6 Å². The van der Waals surface area contributed by atoms with Gasteiger partial charge in [-0.05, 0) is 72.2 Å². The van der Waals surface area contributed by atoms with E-state index in [4.69, 9.17) is 9.84 Å². The predicted molar refractivity (Wildman–Crippen MR) is 99.6 cm³/mol. The van der Waals surface area contributed by atoms with Crippen LogP contribution in [0.3, 0.4) is 0 Å². The molecule has 0 saturated heterocycles. The van der Waals surface area contributed by atoms with Gasteiger partial charge in [-0.2, -0.15) is 0 Å². The highest BCUT2D eigenvalue weighted by Gasteiger charge is 2.18. The van der Waals surface area contributed by atoms with Crippen LogP contribution in [-0.2, 0) is 11.2 Å². The molecule has 0 spiro atoms. The topological polar surface area (TPSA) is 46.5 Å². The predicted octanol–water partition coefficient (Wildman–Crippen LogP) is 5.24. The zero-order valence-corrected chi connectivity index (χ0v) is 15.2. The number of carboxylic acids is 1. The number of rotatable bonds is 7. The van der Waals surface area contributed by atoms with Crippen molar-refractivity contribution in [3.05, 3.63) is 70.8 Å². The first kappa shape index (κ1) is 19.1. The lowest BCUT2D eigenvalue weighted by Gasteiger charge is -2.12. The number of carbonyl (C=O) groups is 1. The largest absolute Gasteiger partial charge is 0.486 e. The van der Waals surface area contributed by atoms with Gasteiger partial charge in [0, 0.05) is 0 Å². The van der Waals surface area contributed by atoms with Crippen LogP contribution in [0.2, 0.25) is 0 Å². The van der Waals surface area contributed by atoms with Gasteiger partial charge in [0.15, 0.2) is 11.6 Å². The van der Waals surface area contributed by atoms with Crippen LogP contribution in [0.15, 0.2) is 48.0 Å². The summed E-state index contributed by atoms with van der Waals surface area (Å²) in [5.74, 6) is -2.09. The number of hydrogen-bond donors (Lipinski definition) is 1. The SMILES string of the molecule is CC(Cc1ccc(OCC2=C(c3ccc(F)cc3)CCC2)c(F)c1)C(=O)O. The van der Waals surface area contributed by atoms with E-state index in [1.54, 1.807) is 31.2 Å². The molecule has 1 N–H and O–H groups in total. The van der Waals surface area contributed by atoms with E-state index in [2.05, 4.69) is 0 Å².